The first kappa shape index (κ1) is 13.7. The van der Waals surface area contributed by atoms with Crippen LogP contribution in [-0.2, 0) is 0 Å². The van der Waals surface area contributed by atoms with E-state index in [4.69, 9.17) is 16.9 Å². The van der Waals surface area contributed by atoms with Crippen molar-refractivity contribution in [1.82, 2.24) is 9.97 Å². The third-order valence-corrected chi connectivity index (χ3v) is 2.61. The van der Waals surface area contributed by atoms with Crippen LogP contribution in [0.2, 0.25) is 5.15 Å². The van der Waals surface area contributed by atoms with Crippen LogP contribution in [0.1, 0.15) is 38.9 Å². The minimum atomic E-state index is 0.238. The summed E-state index contributed by atoms with van der Waals surface area (Å²) < 4.78 is 0. The zero-order valence-corrected chi connectivity index (χ0v) is 11.2. The van der Waals surface area contributed by atoms with E-state index < -0.39 is 0 Å². The lowest BCUT2D eigenvalue weighted by Crippen LogP contribution is -2.25. The van der Waals surface area contributed by atoms with Gasteiger partial charge in [-0.3, -0.25) is 0 Å². The van der Waals surface area contributed by atoms with Gasteiger partial charge in [-0.1, -0.05) is 25.4 Å². The number of rotatable bonds is 5. The third-order valence-electron chi connectivity index (χ3n) is 2.41. The normalized spacial score (nSPS) is 10.4. The summed E-state index contributed by atoms with van der Waals surface area (Å²) in [5.74, 6) is 1.77. The third kappa shape index (κ3) is 3.86. The maximum atomic E-state index is 8.62. The van der Waals surface area contributed by atoms with Crippen molar-refractivity contribution < 1.29 is 0 Å². The largest absolute Gasteiger partial charge is 0.356 e. The van der Waals surface area contributed by atoms with Crippen LogP contribution >= 0.6 is 11.6 Å². The fraction of sp³-hybridized carbons (Fsp3) is 0.583. The molecule has 1 aromatic rings. The highest BCUT2D eigenvalue weighted by Crippen LogP contribution is 2.20. The maximum absolute atomic E-state index is 8.62. The van der Waals surface area contributed by atoms with Crippen LogP contribution in [0.15, 0.2) is 6.07 Å². The number of nitrogens with zero attached hydrogens (tertiary/aromatic N) is 4. The van der Waals surface area contributed by atoms with Crippen molar-refractivity contribution in [3.8, 4) is 6.07 Å². The summed E-state index contributed by atoms with van der Waals surface area (Å²) in [5, 5.41) is 9.07. The van der Waals surface area contributed by atoms with E-state index in [-0.39, 0.29) is 5.92 Å². The second-order valence-corrected chi connectivity index (χ2v) is 4.44. The molecule has 4 nitrogen and oxygen atoms in total. The van der Waals surface area contributed by atoms with E-state index in [9.17, 15) is 0 Å². The summed E-state index contributed by atoms with van der Waals surface area (Å²) in [6.45, 7) is 7.55. The van der Waals surface area contributed by atoms with Crippen molar-refractivity contribution >= 4 is 17.4 Å². The van der Waals surface area contributed by atoms with Gasteiger partial charge >= 0.3 is 0 Å². The van der Waals surface area contributed by atoms with Gasteiger partial charge in [0.1, 0.15) is 16.8 Å². The highest BCUT2D eigenvalue weighted by molar-refractivity contribution is 6.29. The number of anilines is 1. The van der Waals surface area contributed by atoms with E-state index in [1.165, 1.54) is 0 Å². The maximum Gasteiger partial charge on any atom is 0.135 e. The Kier molecular flexibility index (Phi) is 5.17. The van der Waals surface area contributed by atoms with Crippen LogP contribution < -0.4 is 4.90 Å². The summed E-state index contributed by atoms with van der Waals surface area (Å²) in [4.78, 5) is 10.7. The second-order valence-electron chi connectivity index (χ2n) is 4.05. The minimum absolute atomic E-state index is 0.238. The zero-order chi connectivity index (χ0) is 12.8. The topological polar surface area (TPSA) is 52.8 Å². The molecule has 0 amide bonds. The van der Waals surface area contributed by atoms with Crippen LogP contribution in [-0.4, -0.2) is 23.1 Å². The van der Waals surface area contributed by atoms with Crippen molar-refractivity contribution in [3.05, 3.63) is 17.0 Å². The van der Waals surface area contributed by atoms with Crippen molar-refractivity contribution in [2.24, 2.45) is 0 Å². The van der Waals surface area contributed by atoms with E-state index >= 15 is 0 Å². The van der Waals surface area contributed by atoms with Gasteiger partial charge in [0.15, 0.2) is 0 Å². The van der Waals surface area contributed by atoms with Gasteiger partial charge in [0.25, 0.3) is 0 Å². The van der Waals surface area contributed by atoms with Crippen LogP contribution in [0.5, 0.6) is 0 Å². The Morgan fingerprint density at radius 1 is 1.47 bits per heavy atom. The van der Waals surface area contributed by atoms with Crippen molar-refractivity contribution in [1.29, 1.82) is 5.26 Å². The summed E-state index contributed by atoms with van der Waals surface area (Å²) in [5.41, 5.74) is 0. The number of hydrogen-bond donors (Lipinski definition) is 0. The molecule has 1 heterocycles. The Bertz CT molecular complexity index is 411. The molecule has 0 N–H and O–H groups in total. The van der Waals surface area contributed by atoms with Crippen molar-refractivity contribution in [3.63, 3.8) is 0 Å². The summed E-state index contributed by atoms with van der Waals surface area (Å²) in [7, 11) is 0. The Morgan fingerprint density at radius 2 is 2.18 bits per heavy atom. The molecular formula is C12H17ClN4. The van der Waals surface area contributed by atoms with E-state index in [2.05, 4.69) is 16.0 Å². The van der Waals surface area contributed by atoms with Crippen LogP contribution in [0.25, 0.3) is 0 Å². The van der Waals surface area contributed by atoms with E-state index in [0.717, 1.165) is 18.2 Å². The Morgan fingerprint density at radius 3 is 2.71 bits per heavy atom. The van der Waals surface area contributed by atoms with Gasteiger partial charge in [0.2, 0.25) is 0 Å². The van der Waals surface area contributed by atoms with Gasteiger partial charge in [-0.05, 0) is 6.92 Å². The molecule has 0 saturated carbocycles. The molecule has 0 aliphatic carbocycles. The quantitative estimate of drug-likeness (QED) is 0.756. The van der Waals surface area contributed by atoms with Crippen LogP contribution in [0.3, 0.4) is 0 Å². The Hall–Kier alpha value is -1.34. The molecule has 1 rings (SSSR count). The van der Waals surface area contributed by atoms with Crippen molar-refractivity contribution in [2.75, 3.05) is 18.0 Å². The average molecular weight is 253 g/mol. The molecule has 0 unspecified atom stereocenters. The molecule has 0 bridgehead atoms. The van der Waals surface area contributed by atoms with Gasteiger partial charge in [0.05, 0.1) is 12.5 Å². The number of nitriles is 1. The molecular weight excluding hydrogens is 236 g/mol. The molecule has 0 fully saturated rings. The fourth-order valence-corrected chi connectivity index (χ4v) is 1.65. The predicted molar refractivity (Wildman–Crippen MR) is 69.2 cm³/mol. The van der Waals surface area contributed by atoms with E-state index in [1.807, 2.05) is 25.7 Å². The molecule has 0 aromatic carbocycles. The molecule has 0 aliphatic rings. The second kappa shape index (κ2) is 6.41. The average Bonchev–Trinajstić information content (AvgIpc) is 2.29. The van der Waals surface area contributed by atoms with Crippen LogP contribution in [0, 0.1) is 11.3 Å². The smallest absolute Gasteiger partial charge is 0.135 e. The van der Waals surface area contributed by atoms with Crippen LogP contribution in [0.4, 0.5) is 5.82 Å². The lowest BCUT2D eigenvalue weighted by Gasteiger charge is -2.21. The van der Waals surface area contributed by atoms with Gasteiger partial charge < -0.3 is 4.90 Å². The van der Waals surface area contributed by atoms with E-state index in [0.29, 0.717) is 18.1 Å². The minimum Gasteiger partial charge on any atom is -0.356 e. The first-order valence-electron chi connectivity index (χ1n) is 5.74. The summed E-state index contributed by atoms with van der Waals surface area (Å²) >= 11 is 5.99. The lowest BCUT2D eigenvalue weighted by atomic mass is 10.2. The molecule has 17 heavy (non-hydrogen) atoms. The zero-order valence-electron chi connectivity index (χ0n) is 10.4. The molecule has 0 atom stereocenters. The first-order valence-corrected chi connectivity index (χ1v) is 6.12. The molecule has 0 aliphatic heterocycles. The molecule has 92 valence electrons. The predicted octanol–water partition coefficient (Wildman–Crippen LogP) is 2.99. The van der Waals surface area contributed by atoms with Gasteiger partial charge in [-0.25, -0.2) is 9.97 Å². The summed E-state index contributed by atoms with van der Waals surface area (Å²) in [6.07, 6.45) is 0.479. The fourth-order valence-electron chi connectivity index (χ4n) is 1.46. The number of halogens is 1. The Balaban J connectivity index is 2.98. The highest BCUT2D eigenvalue weighted by atomic mass is 35.5. The molecule has 5 heteroatoms. The monoisotopic (exact) mass is 252 g/mol. The Labute approximate surface area is 107 Å². The SMILES string of the molecule is CCN(CCC#N)c1cc(Cl)nc(C(C)C)n1. The summed E-state index contributed by atoms with van der Waals surface area (Å²) in [6, 6.07) is 3.88. The lowest BCUT2D eigenvalue weighted by molar-refractivity contribution is 0.748. The van der Waals surface area contributed by atoms with E-state index in [1.54, 1.807) is 6.07 Å². The number of aromatic nitrogens is 2. The molecule has 0 saturated heterocycles. The number of hydrogen-bond acceptors (Lipinski definition) is 4. The molecule has 1 aromatic heterocycles. The van der Waals surface area contributed by atoms with Crippen molar-refractivity contribution in [2.45, 2.75) is 33.1 Å². The molecule has 0 spiro atoms. The highest BCUT2D eigenvalue weighted by Gasteiger charge is 2.11. The van der Waals surface area contributed by atoms with Gasteiger partial charge in [0, 0.05) is 25.1 Å². The standard InChI is InChI=1S/C12H17ClN4/c1-4-17(7-5-6-14)11-8-10(13)15-12(16-11)9(2)3/h8-9H,4-5,7H2,1-3H3. The van der Waals surface area contributed by atoms with Gasteiger partial charge in [-0.15, -0.1) is 0 Å². The van der Waals surface area contributed by atoms with Gasteiger partial charge in [-0.2, -0.15) is 5.26 Å². The molecule has 0 radical (unpaired) electrons. The first-order chi connectivity index (χ1) is 8.08.